The van der Waals surface area contributed by atoms with Gasteiger partial charge in [0, 0.05) is 17.8 Å². The van der Waals surface area contributed by atoms with Crippen molar-refractivity contribution in [1.82, 2.24) is 20.1 Å². The van der Waals surface area contributed by atoms with Crippen molar-refractivity contribution in [3.63, 3.8) is 0 Å². The van der Waals surface area contributed by atoms with Gasteiger partial charge in [0.1, 0.15) is 0 Å². The van der Waals surface area contributed by atoms with E-state index in [1.54, 1.807) is 12.1 Å². The molecule has 1 aromatic heterocycles. The molecule has 0 bridgehead atoms. The van der Waals surface area contributed by atoms with Gasteiger partial charge in [0.15, 0.2) is 11.0 Å². The minimum Gasteiger partial charge on any atom is -0.342 e. The van der Waals surface area contributed by atoms with Crippen molar-refractivity contribution >= 4 is 52.5 Å². The molecule has 1 atom stereocenters. The Balaban J connectivity index is 1.71. The van der Waals surface area contributed by atoms with Gasteiger partial charge in [-0.2, -0.15) is 0 Å². The number of halogens is 2. The summed E-state index contributed by atoms with van der Waals surface area (Å²) in [4.78, 5) is 25.6. The van der Waals surface area contributed by atoms with Gasteiger partial charge in [0.05, 0.1) is 22.4 Å². The summed E-state index contributed by atoms with van der Waals surface area (Å²) in [5.41, 5.74) is 2.24. The molecule has 3 aromatic rings. The molecule has 10 heteroatoms. The van der Waals surface area contributed by atoms with Crippen LogP contribution in [0.15, 0.2) is 47.6 Å². The molecule has 0 aliphatic rings. The van der Waals surface area contributed by atoms with Crippen LogP contribution < -0.4 is 10.6 Å². The van der Waals surface area contributed by atoms with E-state index >= 15 is 0 Å². The number of amides is 2. The number of nitrogens with one attached hydrogen (secondary N) is 2. The highest BCUT2D eigenvalue weighted by Gasteiger charge is 2.24. The molecule has 7 nitrogen and oxygen atoms in total. The maximum Gasteiger partial charge on any atom is 0.253 e. The van der Waals surface area contributed by atoms with Crippen molar-refractivity contribution in [2.24, 2.45) is 13.0 Å². The first-order valence-electron chi connectivity index (χ1n) is 11.7. The number of hydrogen-bond acceptors (Lipinski definition) is 5. The zero-order valence-corrected chi connectivity index (χ0v) is 23.3. The van der Waals surface area contributed by atoms with Gasteiger partial charge in [-0.05, 0) is 48.1 Å². The molecule has 0 spiro atoms. The minimum absolute atomic E-state index is 0.123. The summed E-state index contributed by atoms with van der Waals surface area (Å²) >= 11 is 13.5. The van der Waals surface area contributed by atoms with Crippen LogP contribution in [-0.2, 0) is 11.8 Å². The van der Waals surface area contributed by atoms with E-state index in [0.717, 1.165) is 11.3 Å². The van der Waals surface area contributed by atoms with Crippen LogP contribution in [-0.4, -0.2) is 32.3 Å². The molecule has 0 saturated carbocycles. The maximum atomic E-state index is 13.0. The predicted molar refractivity (Wildman–Crippen MR) is 147 cm³/mol. The molecule has 0 fully saturated rings. The van der Waals surface area contributed by atoms with Crippen molar-refractivity contribution in [3.05, 3.63) is 69.5 Å². The first-order chi connectivity index (χ1) is 17.1. The highest BCUT2D eigenvalue weighted by molar-refractivity contribution is 7.99. The Morgan fingerprint density at radius 3 is 2.44 bits per heavy atom. The van der Waals surface area contributed by atoms with E-state index < -0.39 is 0 Å². The number of aromatic nitrogens is 3. The average Bonchev–Trinajstić information content (AvgIpc) is 3.17. The Morgan fingerprint density at radius 2 is 1.78 bits per heavy atom. The molecule has 0 saturated heterocycles. The molecule has 2 aromatic carbocycles. The van der Waals surface area contributed by atoms with E-state index in [1.165, 1.54) is 17.8 Å². The fourth-order valence-electron chi connectivity index (χ4n) is 3.80. The molecule has 36 heavy (non-hydrogen) atoms. The molecule has 2 amide bonds. The third-order valence-corrected chi connectivity index (χ3v) is 7.13. The summed E-state index contributed by atoms with van der Waals surface area (Å²) in [6.45, 7) is 8.32. The van der Waals surface area contributed by atoms with Gasteiger partial charge in [-0.25, -0.2) is 0 Å². The number of para-hydroxylation sites is 1. The maximum absolute atomic E-state index is 13.0. The van der Waals surface area contributed by atoms with Crippen LogP contribution in [0.1, 0.15) is 67.8 Å². The van der Waals surface area contributed by atoms with Gasteiger partial charge in [0.25, 0.3) is 5.91 Å². The lowest BCUT2D eigenvalue weighted by Gasteiger charge is -2.20. The van der Waals surface area contributed by atoms with E-state index in [-0.39, 0.29) is 34.5 Å². The first-order valence-corrected chi connectivity index (χ1v) is 13.5. The standard InChI is InChI=1S/C26H31Cl2N5O2S/c1-15(2)12-22(30-25(35)19-11-10-17(27)13-20(19)28)24-31-32-26(33(24)5)36-14-23(34)29-21-9-7-6-8-18(21)16(3)4/h6-11,13,15-16,22H,12,14H2,1-5H3,(H,29,34)(H,30,35)/t22-/m0/s1. The van der Waals surface area contributed by atoms with E-state index in [1.807, 2.05) is 35.9 Å². The fraction of sp³-hybridized carbons (Fsp3) is 0.385. The Hall–Kier alpha value is -2.55. The topological polar surface area (TPSA) is 88.9 Å². The largest absolute Gasteiger partial charge is 0.342 e. The van der Waals surface area contributed by atoms with E-state index in [9.17, 15) is 9.59 Å². The third-order valence-electron chi connectivity index (χ3n) is 5.56. The van der Waals surface area contributed by atoms with Gasteiger partial charge in [-0.3, -0.25) is 9.59 Å². The summed E-state index contributed by atoms with van der Waals surface area (Å²) in [6.07, 6.45) is 0.653. The van der Waals surface area contributed by atoms with Gasteiger partial charge in [0.2, 0.25) is 5.91 Å². The quantitative estimate of drug-likeness (QED) is 0.283. The van der Waals surface area contributed by atoms with Crippen molar-refractivity contribution in [1.29, 1.82) is 0 Å². The number of thioether (sulfide) groups is 1. The van der Waals surface area contributed by atoms with Gasteiger partial charge < -0.3 is 15.2 Å². The van der Waals surface area contributed by atoms with E-state index in [0.29, 0.717) is 33.9 Å². The third kappa shape index (κ3) is 7.24. The minimum atomic E-state index is -0.386. The number of carbonyl (C=O) groups excluding carboxylic acids is 2. The van der Waals surface area contributed by atoms with Crippen LogP contribution in [0.25, 0.3) is 0 Å². The number of hydrogen-bond donors (Lipinski definition) is 2. The van der Waals surface area contributed by atoms with Crippen LogP contribution in [0.4, 0.5) is 5.69 Å². The second-order valence-electron chi connectivity index (χ2n) is 9.26. The van der Waals surface area contributed by atoms with Crippen LogP contribution in [0.2, 0.25) is 10.0 Å². The lowest BCUT2D eigenvalue weighted by Crippen LogP contribution is -2.31. The average molecular weight is 549 g/mol. The second-order valence-corrected chi connectivity index (χ2v) is 11.0. The lowest BCUT2D eigenvalue weighted by atomic mass is 10.0. The van der Waals surface area contributed by atoms with Crippen LogP contribution in [0.3, 0.4) is 0 Å². The summed E-state index contributed by atoms with van der Waals surface area (Å²) in [7, 11) is 1.83. The smallest absolute Gasteiger partial charge is 0.253 e. The van der Waals surface area contributed by atoms with Gasteiger partial charge >= 0.3 is 0 Å². The Labute approximate surface area is 226 Å². The van der Waals surface area contributed by atoms with E-state index in [2.05, 4.69) is 48.5 Å². The lowest BCUT2D eigenvalue weighted by molar-refractivity contribution is -0.113. The molecule has 0 unspecified atom stereocenters. The summed E-state index contributed by atoms with van der Waals surface area (Å²) in [6, 6.07) is 12.2. The Morgan fingerprint density at radius 1 is 1.06 bits per heavy atom. The molecule has 0 radical (unpaired) electrons. The number of rotatable bonds is 10. The number of anilines is 1. The van der Waals surface area contributed by atoms with Crippen molar-refractivity contribution in [2.45, 2.75) is 51.2 Å². The van der Waals surface area contributed by atoms with Crippen molar-refractivity contribution in [3.8, 4) is 0 Å². The fourth-order valence-corrected chi connectivity index (χ4v) is 5.01. The van der Waals surface area contributed by atoms with Crippen molar-refractivity contribution < 1.29 is 9.59 Å². The molecular formula is C26H31Cl2N5O2S. The molecule has 0 aliphatic heterocycles. The molecule has 1 heterocycles. The molecule has 3 rings (SSSR count). The summed E-state index contributed by atoms with van der Waals surface area (Å²) in [5.74, 6) is 0.932. The first kappa shape index (κ1) is 28.0. The number of nitrogens with zero attached hydrogens (tertiary/aromatic N) is 3. The summed E-state index contributed by atoms with van der Waals surface area (Å²) in [5, 5.41) is 16.0. The molecular weight excluding hydrogens is 517 g/mol. The Kier molecular flexibility index (Phi) is 9.82. The monoisotopic (exact) mass is 547 g/mol. The van der Waals surface area contributed by atoms with E-state index in [4.69, 9.17) is 23.2 Å². The zero-order chi connectivity index (χ0) is 26.4. The van der Waals surface area contributed by atoms with Crippen molar-refractivity contribution in [2.75, 3.05) is 11.1 Å². The highest BCUT2D eigenvalue weighted by Crippen LogP contribution is 2.27. The SMILES string of the molecule is CC(C)C[C@H](NC(=O)c1ccc(Cl)cc1Cl)c1nnc(SCC(=O)Nc2ccccc2C(C)C)n1C. The predicted octanol–water partition coefficient (Wildman–Crippen LogP) is 6.49. The molecule has 2 N–H and O–H groups in total. The summed E-state index contributed by atoms with van der Waals surface area (Å²) < 4.78 is 1.82. The number of benzene rings is 2. The zero-order valence-electron chi connectivity index (χ0n) is 21.0. The number of carbonyl (C=O) groups is 2. The van der Waals surface area contributed by atoms with Crippen LogP contribution in [0, 0.1) is 5.92 Å². The second kappa shape index (κ2) is 12.6. The molecule has 192 valence electrons. The molecule has 0 aliphatic carbocycles. The van der Waals surface area contributed by atoms with Gasteiger partial charge in [-0.15, -0.1) is 10.2 Å². The Bertz CT molecular complexity index is 1230. The van der Waals surface area contributed by atoms with Crippen LogP contribution >= 0.6 is 35.0 Å². The normalized spacial score (nSPS) is 12.1. The van der Waals surface area contributed by atoms with Gasteiger partial charge in [-0.1, -0.05) is 80.9 Å². The van der Waals surface area contributed by atoms with Crippen LogP contribution in [0.5, 0.6) is 0 Å². The highest BCUT2D eigenvalue weighted by atomic mass is 35.5.